The SMILES string of the molecule is C=C=C(c1ccco1)N(Cc1ccccc1)S(=O)(=O)c1ccc(C)cc1. The molecular weight excluding hydrogens is 346 g/mol. The summed E-state index contributed by atoms with van der Waals surface area (Å²) >= 11 is 0. The summed E-state index contributed by atoms with van der Waals surface area (Å²) in [5.74, 6) is 0.395. The molecular formula is C21H19NO3S. The number of aryl methyl sites for hydroxylation is 1. The van der Waals surface area contributed by atoms with Crippen LogP contribution in [-0.2, 0) is 16.6 Å². The van der Waals surface area contributed by atoms with Gasteiger partial charge in [-0.05, 0) is 36.8 Å². The summed E-state index contributed by atoms with van der Waals surface area (Å²) in [5, 5.41) is 0. The lowest BCUT2D eigenvalue weighted by Gasteiger charge is -2.25. The molecule has 132 valence electrons. The van der Waals surface area contributed by atoms with Crippen molar-refractivity contribution in [3.05, 3.63) is 102 Å². The summed E-state index contributed by atoms with van der Waals surface area (Å²) in [6.07, 6.45) is 1.49. The highest BCUT2D eigenvalue weighted by atomic mass is 32.2. The van der Waals surface area contributed by atoms with Crippen LogP contribution in [0.25, 0.3) is 5.70 Å². The summed E-state index contributed by atoms with van der Waals surface area (Å²) in [6, 6.07) is 19.5. The third-order valence-corrected chi connectivity index (χ3v) is 5.71. The van der Waals surface area contributed by atoms with E-state index in [1.54, 1.807) is 36.4 Å². The Bertz CT molecular complexity index is 1010. The van der Waals surface area contributed by atoms with Crippen LogP contribution in [0, 0.1) is 6.92 Å². The Labute approximate surface area is 153 Å². The van der Waals surface area contributed by atoms with Crippen LogP contribution in [0.3, 0.4) is 0 Å². The van der Waals surface area contributed by atoms with Gasteiger partial charge in [0.25, 0.3) is 10.0 Å². The van der Waals surface area contributed by atoms with Gasteiger partial charge in [0, 0.05) is 0 Å². The Morgan fingerprint density at radius 1 is 1.04 bits per heavy atom. The number of nitrogens with zero attached hydrogens (tertiary/aromatic N) is 1. The van der Waals surface area contributed by atoms with Gasteiger partial charge in [0.2, 0.25) is 0 Å². The van der Waals surface area contributed by atoms with Gasteiger partial charge in [-0.1, -0.05) is 60.3 Å². The molecule has 0 unspecified atom stereocenters. The zero-order chi connectivity index (χ0) is 18.6. The molecule has 5 heteroatoms. The first-order chi connectivity index (χ1) is 12.5. The van der Waals surface area contributed by atoms with Crippen molar-refractivity contribution in [2.75, 3.05) is 0 Å². The van der Waals surface area contributed by atoms with Crippen molar-refractivity contribution < 1.29 is 12.8 Å². The summed E-state index contributed by atoms with van der Waals surface area (Å²) < 4.78 is 33.4. The zero-order valence-corrected chi connectivity index (χ0v) is 15.2. The minimum absolute atomic E-state index is 0.148. The first-order valence-corrected chi connectivity index (χ1v) is 9.53. The van der Waals surface area contributed by atoms with E-state index in [4.69, 9.17) is 4.42 Å². The first-order valence-electron chi connectivity index (χ1n) is 8.09. The Kier molecular flexibility index (Phi) is 5.12. The van der Waals surface area contributed by atoms with Crippen molar-refractivity contribution in [1.82, 2.24) is 4.31 Å². The maximum atomic E-state index is 13.3. The Morgan fingerprint density at radius 3 is 2.31 bits per heavy atom. The average Bonchev–Trinajstić information content (AvgIpc) is 3.17. The van der Waals surface area contributed by atoms with E-state index in [1.165, 1.54) is 10.6 Å². The molecule has 0 amide bonds. The molecule has 0 fully saturated rings. The standard InChI is InChI=1S/C21H19NO3S/c1-3-20(21-10-7-15-25-21)22(16-18-8-5-4-6-9-18)26(23,24)19-13-11-17(2)12-14-19/h4-15H,1,16H2,2H3. The van der Waals surface area contributed by atoms with Gasteiger partial charge in [-0.25, -0.2) is 8.42 Å². The molecule has 0 N–H and O–H groups in total. The minimum atomic E-state index is -3.82. The van der Waals surface area contributed by atoms with Gasteiger partial charge in [0.1, 0.15) is 5.70 Å². The molecule has 0 atom stereocenters. The Balaban J connectivity index is 2.10. The Morgan fingerprint density at radius 2 is 1.73 bits per heavy atom. The van der Waals surface area contributed by atoms with Crippen LogP contribution >= 0.6 is 0 Å². The second-order valence-electron chi connectivity index (χ2n) is 5.81. The van der Waals surface area contributed by atoms with Crippen LogP contribution in [-0.4, -0.2) is 12.7 Å². The van der Waals surface area contributed by atoms with Gasteiger partial charge in [-0.15, -0.1) is 0 Å². The second kappa shape index (κ2) is 7.48. The number of sulfonamides is 1. The largest absolute Gasteiger partial charge is 0.462 e. The number of rotatable bonds is 6. The van der Waals surface area contributed by atoms with Gasteiger partial charge in [0.15, 0.2) is 5.76 Å². The predicted octanol–water partition coefficient (Wildman–Crippen LogP) is 4.60. The molecule has 0 aliphatic carbocycles. The smallest absolute Gasteiger partial charge is 0.265 e. The zero-order valence-electron chi connectivity index (χ0n) is 14.4. The molecule has 0 radical (unpaired) electrons. The van der Waals surface area contributed by atoms with E-state index >= 15 is 0 Å². The second-order valence-corrected chi connectivity index (χ2v) is 7.68. The molecule has 1 heterocycles. The summed E-state index contributed by atoms with van der Waals surface area (Å²) in [6.45, 7) is 5.73. The highest BCUT2D eigenvalue weighted by molar-refractivity contribution is 7.89. The molecule has 3 aromatic rings. The molecule has 2 aromatic carbocycles. The van der Waals surface area contributed by atoms with Crippen molar-refractivity contribution in [1.29, 1.82) is 0 Å². The van der Waals surface area contributed by atoms with Crippen molar-refractivity contribution in [3.8, 4) is 0 Å². The monoisotopic (exact) mass is 365 g/mol. The van der Waals surface area contributed by atoms with Gasteiger partial charge >= 0.3 is 0 Å². The van der Waals surface area contributed by atoms with Crippen molar-refractivity contribution in [2.45, 2.75) is 18.4 Å². The Hall–Kier alpha value is -3.01. The molecule has 0 spiro atoms. The number of benzene rings is 2. The molecule has 3 rings (SSSR count). The third kappa shape index (κ3) is 3.64. The lowest BCUT2D eigenvalue weighted by molar-refractivity contribution is 0.483. The van der Waals surface area contributed by atoms with Crippen LogP contribution in [0.2, 0.25) is 0 Å². The lowest BCUT2D eigenvalue weighted by Crippen LogP contribution is -2.29. The lowest BCUT2D eigenvalue weighted by atomic mass is 10.2. The molecule has 0 saturated carbocycles. The van der Waals surface area contributed by atoms with Crippen molar-refractivity contribution in [3.63, 3.8) is 0 Å². The van der Waals surface area contributed by atoms with E-state index in [0.717, 1.165) is 11.1 Å². The fourth-order valence-corrected chi connectivity index (χ4v) is 4.03. The number of hydrogen-bond donors (Lipinski definition) is 0. The molecule has 4 nitrogen and oxygen atoms in total. The quantitative estimate of drug-likeness (QED) is 0.600. The van der Waals surface area contributed by atoms with Crippen molar-refractivity contribution >= 4 is 15.7 Å². The van der Waals surface area contributed by atoms with E-state index in [2.05, 4.69) is 12.3 Å². The van der Waals surface area contributed by atoms with E-state index in [0.29, 0.717) is 5.76 Å². The van der Waals surface area contributed by atoms with Gasteiger partial charge < -0.3 is 4.42 Å². The van der Waals surface area contributed by atoms with Crippen LogP contribution in [0.4, 0.5) is 0 Å². The normalized spacial score (nSPS) is 11.0. The fraction of sp³-hybridized carbons (Fsp3) is 0.0952. The van der Waals surface area contributed by atoms with Crippen LogP contribution in [0.15, 0.2) is 94.6 Å². The number of furan rings is 1. The minimum Gasteiger partial charge on any atom is -0.462 e. The third-order valence-electron chi connectivity index (χ3n) is 3.95. The fourth-order valence-electron chi connectivity index (χ4n) is 2.58. The van der Waals surface area contributed by atoms with Crippen LogP contribution < -0.4 is 0 Å². The maximum absolute atomic E-state index is 13.3. The highest BCUT2D eigenvalue weighted by Gasteiger charge is 2.28. The highest BCUT2D eigenvalue weighted by Crippen LogP contribution is 2.28. The number of hydrogen-bond acceptors (Lipinski definition) is 3. The summed E-state index contributed by atoms with van der Waals surface area (Å²) in [4.78, 5) is 0.207. The average molecular weight is 365 g/mol. The van der Waals surface area contributed by atoms with E-state index in [-0.39, 0.29) is 17.1 Å². The van der Waals surface area contributed by atoms with Gasteiger partial charge in [0.05, 0.1) is 17.7 Å². The van der Waals surface area contributed by atoms with E-state index in [1.807, 2.05) is 37.3 Å². The molecule has 0 aliphatic heterocycles. The maximum Gasteiger partial charge on any atom is 0.265 e. The van der Waals surface area contributed by atoms with Gasteiger partial charge in [-0.2, -0.15) is 0 Å². The van der Waals surface area contributed by atoms with Gasteiger partial charge in [-0.3, -0.25) is 4.31 Å². The molecule has 0 saturated heterocycles. The molecule has 0 aliphatic rings. The first kappa shape index (κ1) is 17.8. The molecule has 26 heavy (non-hydrogen) atoms. The predicted molar refractivity (Wildman–Crippen MR) is 102 cm³/mol. The molecule has 0 bridgehead atoms. The topological polar surface area (TPSA) is 50.5 Å². The van der Waals surface area contributed by atoms with Crippen molar-refractivity contribution in [2.24, 2.45) is 0 Å². The van der Waals surface area contributed by atoms with Crippen LogP contribution in [0.1, 0.15) is 16.9 Å². The summed E-state index contributed by atoms with van der Waals surface area (Å²) in [5.41, 5.74) is 4.85. The van der Waals surface area contributed by atoms with Crippen LogP contribution in [0.5, 0.6) is 0 Å². The summed E-state index contributed by atoms with van der Waals surface area (Å²) in [7, 11) is -3.82. The molecule has 1 aromatic heterocycles. The van der Waals surface area contributed by atoms with E-state index in [9.17, 15) is 8.42 Å². The van der Waals surface area contributed by atoms with E-state index < -0.39 is 10.0 Å².